The van der Waals surface area contributed by atoms with Crippen LogP contribution in [0.25, 0.3) is 33.6 Å². The molecule has 0 spiro atoms. The summed E-state index contributed by atoms with van der Waals surface area (Å²) in [5, 5.41) is 24.6. The zero-order valence-corrected chi connectivity index (χ0v) is 31.8. The van der Waals surface area contributed by atoms with E-state index in [0.717, 1.165) is 52.9 Å². The molecule has 5 atom stereocenters. The van der Waals surface area contributed by atoms with Gasteiger partial charge in [-0.1, -0.05) is 48.5 Å². The number of amides is 4. The van der Waals surface area contributed by atoms with Crippen molar-refractivity contribution in [3.05, 3.63) is 84.5 Å². The summed E-state index contributed by atoms with van der Waals surface area (Å²) >= 11 is 0. The van der Waals surface area contributed by atoms with E-state index in [4.69, 9.17) is 9.47 Å². The van der Waals surface area contributed by atoms with Crippen molar-refractivity contribution in [1.82, 2.24) is 55.8 Å². The molecule has 4 amide bonds. The number of H-pyrrole nitrogens is 3. The van der Waals surface area contributed by atoms with Crippen molar-refractivity contribution in [1.29, 1.82) is 0 Å². The molecular weight excluding hydrogens is 734 g/mol. The normalized spacial score (nSPS) is 18.2. The zero-order valence-electron chi connectivity index (χ0n) is 31.8. The SMILES string of the molecule is COC(=O)N[C@H](C(=O)N1CCC[C@H]1c1ncc(-c2ccc(-c3ccc(-c4cnc([C@@H]5CCCN5C(=O)[C@H](Cc5cn[nH]n5)NC(=O)O)[nH]4)cc3)cc2)[nH]1)[C@@H](C)OC. The molecule has 7 rings (SSSR count). The van der Waals surface area contributed by atoms with Crippen LogP contribution in [0.15, 0.2) is 67.1 Å². The highest BCUT2D eigenvalue weighted by molar-refractivity contribution is 5.87. The van der Waals surface area contributed by atoms with Gasteiger partial charge in [0.05, 0.1) is 61.0 Å². The van der Waals surface area contributed by atoms with Crippen molar-refractivity contribution >= 4 is 24.0 Å². The zero-order chi connectivity index (χ0) is 40.1. The van der Waals surface area contributed by atoms with Gasteiger partial charge in [0.25, 0.3) is 0 Å². The van der Waals surface area contributed by atoms with Crippen LogP contribution in [0, 0.1) is 0 Å². The van der Waals surface area contributed by atoms with Gasteiger partial charge >= 0.3 is 12.2 Å². The Morgan fingerprint density at radius 1 is 0.789 bits per heavy atom. The molecule has 5 heterocycles. The van der Waals surface area contributed by atoms with Crippen LogP contribution in [0.1, 0.15) is 62.0 Å². The topological polar surface area (TPSA) is 236 Å². The Balaban J connectivity index is 0.999. The number of carbonyl (C=O) groups is 4. The molecular formula is C39H45N11O7. The second-order valence-corrected chi connectivity index (χ2v) is 14.1. The Hall–Kier alpha value is -6.56. The van der Waals surface area contributed by atoms with Gasteiger partial charge in [0, 0.05) is 26.6 Å². The number of ether oxygens (including phenoxy) is 2. The van der Waals surface area contributed by atoms with Crippen molar-refractivity contribution in [2.75, 3.05) is 27.3 Å². The molecule has 298 valence electrons. The van der Waals surface area contributed by atoms with E-state index in [0.29, 0.717) is 36.9 Å². The van der Waals surface area contributed by atoms with Gasteiger partial charge in [-0.25, -0.2) is 19.6 Å². The highest BCUT2D eigenvalue weighted by atomic mass is 16.5. The van der Waals surface area contributed by atoms with Gasteiger partial charge in [-0.15, -0.1) is 0 Å². The standard InChI is InChI=1S/C39H45N11O7/c1-22(56-2)33(46-39(55)57-3)37(52)50-17-5-7-32(50)35-41-21-30(44-35)26-14-10-24(11-15-26)23-8-12-25(13-9-23)29-20-40-34(43-29)31-6-4-16-49(31)36(51)28(45-38(53)54)18-27-19-42-48-47-27/h8-15,19-22,28,31-33,45H,4-7,16-18H2,1-3H3,(H,40,43)(H,41,44)(H,46,55)(H,53,54)(H,42,47,48)/t22-,28+,31+,32+,33+/m1/s1. The number of hydrogen-bond acceptors (Lipinski definition) is 10. The summed E-state index contributed by atoms with van der Waals surface area (Å²) in [7, 11) is 2.74. The number of imidazole rings is 2. The first-order valence-electron chi connectivity index (χ1n) is 18.8. The summed E-state index contributed by atoms with van der Waals surface area (Å²) in [6.07, 6.45) is 5.50. The fourth-order valence-electron chi connectivity index (χ4n) is 7.58. The molecule has 18 nitrogen and oxygen atoms in total. The molecule has 2 fully saturated rings. The predicted octanol–water partition coefficient (Wildman–Crippen LogP) is 4.22. The van der Waals surface area contributed by atoms with Crippen molar-refractivity contribution in [2.45, 2.75) is 69.3 Å². The Labute approximate surface area is 327 Å². The molecule has 0 bridgehead atoms. The molecule has 2 aliphatic rings. The second kappa shape index (κ2) is 17.1. The van der Waals surface area contributed by atoms with Crippen LogP contribution in [-0.4, -0.2) is 120 Å². The lowest BCUT2D eigenvalue weighted by Gasteiger charge is -2.30. The van der Waals surface area contributed by atoms with Crippen LogP contribution >= 0.6 is 0 Å². The maximum atomic E-state index is 13.6. The first-order valence-corrected chi connectivity index (χ1v) is 18.8. The number of carbonyl (C=O) groups excluding carboxylic acids is 3. The van der Waals surface area contributed by atoms with Crippen molar-refractivity contribution in [3.63, 3.8) is 0 Å². The van der Waals surface area contributed by atoms with Gasteiger partial charge in [0.15, 0.2) is 0 Å². The van der Waals surface area contributed by atoms with E-state index < -0.39 is 30.4 Å². The quantitative estimate of drug-likeness (QED) is 0.0990. The number of aromatic nitrogens is 7. The van der Waals surface area contributed by atoms with Crippen LogP contribution in [0.2, 0.25) is 0 Å². The first kappa shape index (κ1) is 38.7. The molecule has 3 aromatic heterocycles. The van der Waals surface area contributed by atoms with Crippen molar-refractivity contribution in [2.24, 2.45) is 0 Å². The molecule has 0 saturated carbocycles. The van der Waals surface area contributed by atoms with Crippen LogP contribution in [0.5, 0.6) is 0 Å². The lowest BCUT2D eigenvalue weighted by Crippen LogP contribution is -2.54. The lowest BCUT2D eigenvalue weighted by molar-refractivity contribution is -0.137. The molecule has 57 heavy (non-hydrogen) atoms. The Kier molecular flexibility index (Phi) is 11.6. The molecule has 2 saturated heterocycles. The highest BCUT2D eigenvalue weighted by Crippen LogP contribution is 2.35. The number of nitrogens with zero attached hydrogens (tertiary/aromatic N) is 6. The number of rotatable bonds is 13. The number of aromatic amines is 3. The molecule has 2 aromatic carbocycles. The monoisotopic (exact) mass is 779 g/mol. The Morgan fingerprint density at radius 2 is 1.32 bits per heavy atom. The third-order valence-corrected chi connectivity index (χ3v) is 10.7. The number of alkyl carbamates (subject to hydrolysis) is 1. The number of nitrogens with one attached hydrogen (secondary N) is 5. The van der Waals surface area contributed by atoms with E-state index in [1.165, 1.54) is 20.4 Å². The van der Waals surface area contributed by atoms with E-state index in [-0.39, 0.29) is 30.3 Å². The molecule has 6 N–H and O–H groups in total. The van der Waals surface area contributed by atoms with Crippen LogP contribution in [-0.2, 0) is 25.5 Å². The third kappa shape index (κ3) is 8.50. The number of benzene rings is 2. The average Bonchev–Trinajstić information content (AvgIpc) is 4.08. The maximum Gasteiger partial charge on any atom is 0.407 e. The fraction of sp³-hybridized carbons (Fsp3) is 0.385. The van der Waals surface area contributed by atoms with Gasteiger partial charge < -0.3 is 45.0 Å². The Morgan fingerprint density at radius 3 is 1.79 bits per heavy atom. The number of methoxy groups -OCH3 is 2. The van der Waals surface area contributed by atoms with Gasteiger partial charge in [-0.3, -0.25) is 9.59 Å². The number of likely N-dealkylation sites (tertiary alicyclic amines) is 2. The summed E-state index contributed by atoms with van der Waals surface area (Å²) in [5.41, 5.74) is 6.01. The molecule has 0 radical (unpaired) electrons. The van der Waals surface area contributed by atoms with E-state index in [1.807, 2.05) is 48.5 Å². The number of hydrogen-bond donors (Lipinski definition) is 6. The predicted molar refractivity (Wildman–Crippen MR) is 205 cm³/mol. The minimum Gasteiger partial charge on any atom is -0.465 e. The summed E-state index contributed by atoms with van der Waals surface area (Å²) in [6, 6.07) is 13.7. The molecule has 5 aromatic rings. The molecule has 18 heteroatoms. The third-order valence-electron chi connectivity index (χ3n) is 10.7. The van der Waals surface area contributed by atoms with Gasteiger partial charge in [-0.2, -0.15) is 15.4 Å². The van der Waals surface area contributed by atoms with Crippen molar-refractivity contribution in [3.8, 4) is 33.6 Å². The Bertz CT molecular complexity index is 2170. The van der Waals surface area contributed by atoms with E-state index in [1.54, 1.807) is 29.1 Å². The van der Waals surface area contributed by atoms with Gasteiger partial charge in [0.1, 0.15) is 23.7 Å². The summed E-state index contributed by atoms with van der Waals surface area (Å²) in [6.45, 7) is 2.74. The van der Waals surface area contributed by atoms with Gasteiger partial charge in [-0.05, 0) is 54.9 Å². The molecule has 0 aliphatic carbocycles. The average molecular weight is 780 g/mol. The van der Waals surface area contributed by atoms with Crippen molar-refractivity contribution < 1.29 is 33.8 Å². The fourth-order valence-corrected chi connectivity index (χ4v) is 7.58. The smallest absolute Gasteiger partial charge is 0.407 e. The summed E-state index contributed by atoms with van der Waals surface area (Å²) in [4.78, 5) is 70.2. The molecule has 0 unspecified atom stereocenters. The molecule has 2 aliphatic heterocycles. The van der Waals surface area contributed by atoms with E-state index >= 15 is 0 Å². The maximum absolute atomic E-state index is 13.6. The first-order chi connectivity index (χ1) is 27.6. The van der Waals surface area contributed by atoms with E-state index in [9.17, 15) is 24.3 Å². The summed E-state index contributed by atoms with van der Waals surface area (Å²) in [5.74, 6) is 0.718. The second-order valence-electron chi connectivity index (χ2n) is 14.1. The highest BCUT2D eigenvalue weighted by Gasteiger charge is 2.39. The number of carboxylic acid groups (broad SMARTS) is 1. The van der Waals surface area contributed by atoms with E-state index in [2.05, 4.69) is 46.0 Å². The van der Waals surface area contributed by atoms with Crippen LogP contribution in [0.4, 0.5) is 9.59 Å². The lowest BCUT2D eigenvalue weighted by atomic mass is 10.0. The minimum absolute atomic E-state index is 0.0752. The summed E-state index contributed by atoms with van der Waals surface area (Å²) < 4.78 is 10.1. The van der Waals surface area contributed by atoms with Crippen LogP contribution < -0.4 is 10.6 Å². The largest absolute Gasteiger partial charge is 0.465 e. The van der Waals surface area contributed by atoms with Crippen LogP contribution in [0.3, 0.4) is 0 Å². The minimum atomic E-state index is -1.29. The van der Waals surface area contributed by atoms with Gasteiger partial charge in [0.2, 0.25) is 11.8 Å².